The monoisotopic (exact) mass is 892 g/mol. The molecule has 0 saturated heterocycles. The van der Waals surface area contributed by atoms with E-state index >= 15 is 0 Å². The van der Waals surface area contributed by atoms with Crippen molar-refractivity contribution in [3.63, 3.8) is 0 Å². The van der Waals surface area contributed by atoms with Gasteiger partial charge in [0.25, 0.3) is 6.71 Å². The third kappa shape index (κ3) is 4.58. The summed E-state index contributed by atoms with van der Waals surface area (Å²) in [7, 11) is 0. The van der Waals surface area contributed by atoms with Crippen LogP contribution in [0.2, 0.25) is 0 Å². The van der Waals surface area contributed by atoms with E-state index in [9.17, 15) is 0 Å². The molecule has 0 bridgehead atoms. The lowest BCUT2D eigenvalue weighted by Crippen LogP contribution is -2.60. The van der Waals surface area contributed by atoms with Gasteiger partial charge in [-0.25, -0.2) is 0 Å². The van der Waals surface area contributed by atoms with Gasteiger partial charge in [0.05, 0.1) is 22.1 Å². The SMILES string of the molecule is CCc1ccc2c(c1)c1cc(CC)cc3c1n2-c1c(-c2cccc4cc(-c5ccccc5)ccc24)cc2c4c1B3c1cc(CC)cc3c5cc(CC)cc(c5n-4c13)C21c2ccccc2-c2ccccc21. The van der Waals surface area contributed by atoms with E-state index in [1.807, 2.05) is 0 Å². The van der Waals surface area contributed by atoms with Crippen molar-refractivity contribution in [3.8, 4) is 44.8 Å². The maximum atomic E-state index is 2.79. The Morgan fingerprint density at radius 1 is 0.371 bits per heavy atom. The zero-order chi connectivity index (χ0) is 46.3. The van der Waals surface area contributed by atoms with E-state index in [1.54, 1.807) is 0 Å². The molecule has 2 aromatic heterocycles. The zero-order valence-electron chi connectivity index (χ0n) is 40.0. The van der Waals surface area contributed by atoms with Gasteiger partial charge in [0.2, 0.25) is 0 Å². The molecule has 70 heavy (non-hydrogen) atoms. The van der Waals surface area contributed by atoms with Gasteiger partial charge < -0.3 is 9.13 Å². The van der Waals surface area contributed by atoms with E-state index in [0.717, 1.165) is 25.7 Å². The normalized spacial score (nSPS) is 14.0. The van der Waals surface area contributed by atoms with E-state index < -0.39 is 5.41 Å². The minimum absolute atomic E-state index is 0.0155. The fourth-order valence-electron chi connectivity index (χ4n) is 14.4. The molecule has 0 amide bonds. The summed E-state index contributed by atoms with van der Waals surface area (Å²) in [6, 6.07) is 69.4. The van der Waals surface area contributed by atoms with Gasteiger partial charge in [-0.3, -0.25) is 0 Å². The van der Waals surface area contributed by atoms with Crippen LogP contribution in [0.1, 0.15) is 72.2 Å². The molecule has 0 unspecified atom stereocenters. The van der Waals surface area contributed by atoms with Gasteiger partial charge in [-0.15, -0.1) is 0 Å². The molecule has 0 radical (unpaired) electrons. The molecule has 3 aliphatic heterocycles. The second kappa shape index (κ2) is 13.7. The number of aryl methyl sites for hydroxylation is 4. The molecule has 0 N–H and O–H groups in total. The molecule has 0 fully saturated rings. The van der Waals surface area contributed by atoms with Gasteiger partial charge in [0.15, 0.2) is 0 Å². The third-order valence-corrected chi connectivity index (χ3v) is 17.5. The predicted octanol–water partition coefficient (Wildman–Crippen LogP) is 14.4. The number of benzene rings is 10. The van der Waals surface area contributed by atoms with Crippen LogP contribution in [0.25, 0.3) is 99.1 Å². The molecule has 4 aliphatic rings. The van der Waals surface area contributed by atoms with Crippen molar-refractivity contribution in [2.75, 3.05) is 0 Å². The Hall–Kier alpha value is -7.88. The second-order valence-corrected chi connectivity index (χ2v) is 20.6. The fraction of sp³-hybridized carbons (Fsp3) is 0.134. The number of hydrogen-bond acceptors (Lipinski definition) is 0. The van der Waals surface area contributed by atoms with Gasteiger partial charge in [0, 0.05) is 43.8 Å². The zero-order valence-corrected chi connectivity index (χ0v) is 40.0. The van der Waals surface area contributed by atoms with E-state index in [1.165, 1.54) is 160 Å². The van der Waals surface area contributed by atoms with Crippen molar-refractivity contribution in [2.24, 2.45) is 0 Å². The molecule has 0 atom stereocenters. The van der Waals surface area contributed by atoms with Crippen molar-refractivity contribution in [2.45, 2.75) is 58.8 Å². The van der Waals surface area contributed by atoms with Crippen LogP contribution < -0.4 is 16.4 Å². The Bertz CT molecular complexity index is 4310. The molecule has 0 saturated carbocycles. The number of fused-ring (bicyclic) bond motifs is 15. The van der Waals surface area contributed by atoms with Crippen LogP contribution in [-0.2, 0) is 31.1 Å². The predicted molar refractivity (Wildman–Crippen MR) is 297 cm³/mol. The Kier molecular flexibility index (Phi) is 7.62. The third-order valence-electron chi connectivity index (χ3n) is 17.5. The highest BCUT2D eigenvalue weighted by molar-refractivity contribution is 7.00. The summed E-state index contributed by atoms with van der Waals surface area (Å²) < 4.78 is 5.53. The van der Waals surface area contributed by atoms with Crippen LogP contribution in [0.15, 0.2) is 176 Å². The highest BCUT2D eigenvalue weighted by Crippen LogP contribution is 2.62. The molecule has 2 nitrogen and oxygen atoms in total. The van der Waals surface area contributed by atoms with E-state index in [4.69, 9.17) is 0 Å². The lowest BCUT2D eigenvalue weighted by Gasteiger charge is -2.45. The van der Waals surface area contributed by atoms with Gasteiger partial charge in [0.1, 0.15) is 0 Å². The number of hydrogen-bond donors (Lipinski definition) is 0. The average molecular weight is 893 g/mol. The van der Waals surface area contributed by atoms with Crippen LogP contribution in [0.4, 0.5) is 0 Å². The van der Waals surface area contributed by atoms with Crippen LogP contribution in [0.3, 0.4) is 0 Å². The average Bonchev–Trinajstić information content (AvgIpc) is 4.04. The molecule has 12 aromatic rings. The smallest absolute Gasteiger partial charge is 0.252 e. The molecule has 3 heteroatoms. The summed E-state index contributed by atoms with van der Waals surface area (Å²) in [6.07, 6.45) is 3.92. The lowest BCUT2D eigenvalue weighted by molar-refractivity contribution is 0.748. The van der Waals surface area contributed by atoms with Gasteiger partial charge >= 0.3 is 0 Å². The fourth-order valence-corrected chi connectivity index (χ4v) is 14.4. The molecule has 1 aliphatic carbocycles. The first-order valence-corrected chi connectivity index (χ1v) is 25.8. The molecule has 1 spiro atoms. The van der Waals surface area contributed by atoms with Crippen LogP contribution >= 0.6 is 0 Å². The molecular formula is C67H49BN2. The summed E-state index contributed by atoms with van der Waals surface area (Å²) in [4.78, 5) is 0. The highest BCUT2D eigenvalue weighted by atomic mass is 15.1. The van der Waals surface area contributed by atoms with Crippen molar-refractivity contribution in [3.05, 3.63) is 220 Å². The standard InChI is InChI=1S/C67H49BN2/c1-5-38-25-28-60-49(29-38)50-31-40(7-3)34-58-63(50)69(60)65-53(46-22-16-19-44-36-43(26-27-45(44)46)42-17-10-9-11-18-42)37-57-66-61(65)68(58)59-35-41(8-4)32-52-51-30-39(6-2)33-56(62(51)70(66)64(52)59)67(57)54-23-14-12-20-47(54)48-21-13-15-24-55(48)67/h9-37H,5-8H2,1-4H3. The topological polar surface area (TPSA) is 9.86 Å². The quantitative estimate of drug-likeness (QED) is 0.147. The van der Waals surface area contributed by atoms with E-state index in [-0.39, 0.29) is 6.71 Å². The summed E-state index contributed by atoms with van der Waals surface area (Å²) >= 11 is 0. The van der Waals surface area contributed by atoms with Crippen molar-refractivity contribution < 1.29 is 0 Å². The summed E-state index contributed by atoms with van der Waals surface area (Å²) in [5.41, 5.74) is 30.7. The number of rotatable bonds is 6. The molecule has 10 aromatic carbocycles. The minimum Gasteiger partial charge on any atom is -0.310 e. The minimum atomic E-state index is -0.573. The summed E-state index contributed by atoms with van der Waals surface area (Å²) in [5.74, 6) is 0. The Morgan fingerprint density at radius 2 is 0.971 bits per heavy atom. The maximum absolute atomic E-state index is 2.79. The lowest BCUT2D eigenvalue weighted by atomic mass is 9.33. The number of aromatic nitrogens is 2. The summed E-state index contributed by atoms with van der Waals surface area (Å²) in [5, 5.41) is 8.04. The van der Waals surface area contributed by atoms with Gasteiger partial charge in [-0.2, -0.15) is 0 Å². The Morgan fingerprint density at radius 3 is 1.67 bits per heavy atom. The Labute approximate surface area is 408 Å². The molecule has 330 valence electrons. The van der Waals surface area contributed by atoms with Crippen molar-refractivity contribution >= 4 is 77.5 Å². The molecular weight excluding hydrogens is 844 g/mol. The van der Waals surface area contributed by atoms with Crippen LogP contribution in [0, 0.1) is 0 Å². The highest BCUT2D eigenvalue weighted by Gasteiger charge is 2.55. The van der Waals surface area contributed by atoms with Crippen LogP contribution in [-0.4, -0.2) is 15.8 Å². The second-order valence-electron chi connectivity index (χ2n) is 20.6. The Balaban J connectivity index is 1.18. The molecule has 5 heterocycles. The first-order valence-electron chi connectivity index (χ1n) is 25.8. The maximum Gasteiger partial charge on any atom is 0.252 e. The first kappa shape index (κ1) is 39.0. The van der Waals surface area contributed by atoms with Crippen molar-refractivity contribution in [1.29, 1.82) is 0 Å². The van der Waals surface area contributed by atoms with Gasteiger partial charge in [-0.05, 0) is 168 Å². The largest absolute Gasteiger partial charge is 0.310 e. The summed E-state index contributed by atoms with van der Waals surface area (Å²) in [6.45, 7) is 9.33. The van der Waals surface area contributed by atoms with Gasteiger partial charge in [-0.1, -0.05) is 161 Å². The van der Waals surface area contributed by atoms with E-state index in [2.05, 4.69) is 213 Å². The van der Waals surface area contributed by atoms with Crippen LogP contribution in [0.5, 0.6) is 0 Å². The number of nitrogens with zero attached hydrogens (tertiary/aromatic N) is 2. The van der Waals surface area contributed by atoms with Crippen molar-refractivity contribution in [1.82, 2.24) is 9.13 Å². The van der Waals surface area contributed by atoms with E-state index in [0.29, 0.717) is 0 Å². The molecule has 16 rings (SSSR count). The first-order chi connectivity index (χ1) is 34.5.